The van der Waals surface area contributed by atoms with Crippen molar-refractivity contribution >= 4 is 16.7 Å². The first kappa shape index (κ1) is 18.2. The Hall–Kier alpha value is -3.80. The molecule has 0 unspecified atom stereocenters. The SMILES string of the molecule is Cc1nn2c(nnc3c(=O)n(-c4ccc(C(C)C)cc4)ccc32)c1-c1ccccc1. The summed E-state index contributed by atoms with van der Waals surface area (Å²) in [5, 5.41) is 13.3. The Kier molecular flexibility index (Phi) is 4.20. The van der Waals surface area contributed by atoms with Crippen LogP contribution in [0.4, 0.5) is 0 Å². The summed E-state index contributed by atoms with van der Waals surface area (Å²) in [7, 11) is 0. The van der Waals surface area contributed by atoms with Crippen LogP contribution in [0, 0.1) is 6.92 Å². The molecule has 2 aromatic carbocycles. The Bertz CT molecular complexity index is 1430. The Morgan fingerprint density at radius 2 is 1.63 bits per heavy atom. The maximum atomic E-state index is 13.2. The lowest BCUT2D eigenvalue weighted by Crippen LogP contribution is -2.20. The second-order valence-corrected chi connectivity index (χ2v) is 7.73. The Morgan fingerprint density at radius 1 is 0.900 bits per heavy atom. The van der Waals surface area contributed by atoms with Gasteiger partial charge in [0, 0.05) is 11.9 Å². The van der Waals surface area contributed by atoms with E-state index in [1.165, 1.54) is 5.56 Å². The van der Waals surface area contributed by atoms with Gasteiger partial charge in [-0.1, -0.05) is 56.3 Å². The molecule has 3 aromatic heterocycles. The zero-order valence-corrected chi connectivity index (χ0v) is 17.1. The highest BCUT2D eigenvalue weighted by Crippen LogP contribution is 2.27. The standard InChI is InChI=1S/C24H21N5O/c1-15(2)17-9-11-19(12-10-17)28-14-13-20-22(24(28)30)25-26-23-21(16(3)27-29(20)23)18-7-5-4-6-8-18/h4-15H,1-3H3. The van der Waals surface area contributed by atoms with E-state index >= 15 is 0 Å². The first-order valence-corrected chi connectivity index (χ1v) is 9.98. The van der Waals surface area contributed by atoms with Crippen molar-refractivity contribution in [1.82, 2.24) is 24.4 Å². The molecule has 0 aliphatic rings. The van der Waals surface area contributed by atoms with Gasteiger partial charge in [0.25, 0.3) is 5.56 Å². The molecule has 5 aromatic rings. The number of hydrogen-bond acceptors (Lipinski definition) is 4. The van der Waals surface area contributed by atoms with E-state index in [-0.39, 0.29) is 5.56 Å². The molecule has 0 spiro atoms. The van der Waals surface area contributed by atoms with Crippen LogP contribution in [0.3, 0.4) is 0 Å². The van der Waals surface area contributed by atoms with Crippen LogP contribution in [0.1, 0.15) is 31.0 Å². The fraction of sp³-hybridized carbons (Fsp3) is 0.167. The molecule has 6 nitrogen and oxygen atoms in total. The predicted octanol–water partition coefficient (Wildman–Crippen LogP) is 4.53. The minimum Gasteiger partial charge on any atom is -0.282 e. The van der Waals surface area contributed by atoms with Crippen LogP contribution < -0.4 is 5.56 Å². The molecular weight excluding hydrogens is 374 g/mol. The fourth-order valence-corrected chi connectivity index (χ4v) is 3.82. The molecule has 0 saturated heterocycles. The highest BCUT2D eigenvalue weighted by Gasteiger charge is 2.17. The largest absolute Gasteiger partial charge is 0.285 e. The van der Waals surface area contributed by atoms with Gasteiger partial charge in [-0.15, -0.1) is 10.2 Å². The van der Waals surface area contributed by atoms with E-state index in [1.54, 1.807) is 15.3 Å². The topological polar surface area (TPSA) is 65.1 Å². The first-order chi connectivity index (χ1) is 14.5. The normalized spacial score (nSPS) is 11.6. The first-order valence-electron chi connectivity index (χ1n) is 9.98. The average molecular weight is 395 g/mol. The molecule has 3 heterocycles. The van der Waals surface area contributed by atoms with Gasteiger partial charge in [-0.2, -0.15) is 5.10 Å². The van der Waals surface area contributed by atoms with Crippen LogP contribution in [0.2, 0.25) is 0 Å². The third kappa shape index (κ3) is 2.80. The lowest BCUT2D eigenvalue weighted by molar-refractivity contribution is 0.863. The van der Waals surface area contributed by atoms with Crippen molar-refractivity contribution in [2.24, 2.45) is 0 Å². The molecule has 0 radical (unpaired) electrons. The molecular formula is C24H21N5O. The molecule has 0 saturated carbocycles. The molecule has 6 heteroatoms. The second-order valence-electron chi connectivity index (χ2n) is 7.73. The van der Waals surface area contributed by atoms with Crippen molar-refractivity contribution in [2.45, 2.75) is 26.7 Å². The minimum atomic E-state index is -0.214. The van der Waals surface area contributed by atoms with Crippen molar-refractivity contribution < 1.29 is 0 Å². The van der Waals surface area contributed by atoms with Crippen molar-refractivity contribution in [3.63, 3.8) is 0 Å². The third-order valence-corrected chi connectivity index (χ3v) is 5.45. The second kappa shape index (κ2) is 6.91. The number of hydrogen-bond donors (Lipinski definition) is 0. The zero-order chi connectivity index (χ0) is 20.8. The lowest BCUT2D eigenvalue weighted by Gasteiger charge is -2.10. The quantitative estimate of drug-likeness (QED) is 0.450. The van der Waals surface area contributed by atoms with Gasteiger partial charge in [0.05, 0.1) is 11.3 Å². The third-order valence-electron chi connectivity index (χ3n) is 5.45. The van der Waals surface area contributed by atoms with Gasteiger partial charge in [0.1, 0.15) is 5.52 Å². The number of aryl methyl sites for hydroxylation is 1. The summed E-state index contributed by atoms with van der Waals surface area (Å²) in [5.74, 6) is 0.438. The predicted molar refractivity (Wildman–Crippen MR) is 118 cm³/mol. The Balaban J connectivity index is 1.70. The van der Waals surface area contributed by atoms with E-state index in [4.69, 9.17) is 0 Å². The summed E-state index contributed by atoms with van der Waals surface area (Å²) in [6.45, 7) is 6.24. The van der Waals surface area contributed by atoms with E-state index in [0.717, 1.165) is 22.5 Å². The fourth-order valence-electron chi connectivity index (χ4n) is 3.82. The molecule has 148 valence electrons. The highest BCUT2D eigenvalue weighted by atomic mass is 16.1. The molecule has 5 rings (SSSR count). The smallest absolute Gasteiger partial charge is 0.282 e. The number of aromatic nitrogens is 5. The highest BCUT2D eigenvalue weighted by molar-refractivity contribution is 5.84. The Labute approximate surface area is 173 Å². The molecule has 0 fully saturated rings. The van der Waals surface area contributed by atoms with Gasteiger partial charge in [-0.3, -0.25) is 9.36 Å². The average Bonchev–Trinajstić information content (AvgIpc) is 3.11. The van der Waals surface area contributed by atoms with Crippen molar-refractivity contribution in [1.29, 1.82) is 0 Å². The number of rotatable bonds is 3. The summed E-state index contributed by atoms with van der Waals surface area (Å²) in [4.78, 5) is 13.2. The van der Waals surface area contributed by atoms with E-state index in [0.29, 0.717) is 22.6 Å². The monoisotopic (exact) mass is 395 g/mol. The van der Waals surface area contributed by atoms with Crippen LogP contribution in [0.5, 0.6) is 0 Å². The van der Waals surface area contributed by atoms with Crippen LogP contribution in [0.25, 0.3) is 33.5 Å². The number of benzene rings is 2. The maximum absolute atomic E-state index is 13.2. The van der Waals surface area contributed by atoms with Gasteiger partial charge in [-0.25, -0.2) is 4.52 Å². The van der Waals surface area contributed by atoms with Crippen molar-refractivity contribution in [2.75, 3.05) is 0 Å². The number of pyridine rings is 1. The number of fused-ring (bicyclic) bond motifs is 3. The van der Waals surface area contributed by atoms with Crippen LogP contribution in [0.15, 0.2) is 71.7 Å². The van der Waals surface area contributed by atoms with Crippen LogP contribution in [-0.4, -0.2) is 24.4 Å². The van der Waals surface area contributed by atoms with E-state index in [9.17, 15) is 4.79 Å². The lowest BCUT2D eigenvalue weighted by atomic mass is 10.0. The van der Waals surface area contributed by atoms with Gasteiger partial charge in [-0.05, 0) is 42.2 Å². The van der Waals surface area contributed by atoms with E-state index in [2.05, 4.69) is 41.3 Å². The van der Waals surface area contributed by atoms with Gasteiger partial charge >= 0.3 is 0 Å². The summed E-state index contributed by atoms with van der Waals surface area (Å²) < 4.78 is 3.31. The van der Waals surface area contributed by atoms with Crippen molar-refractivity contribution in [3.05, 3.63) is 88.5 Å². The molecule has 30 heavy (non-hydrogen) atoms. The van der Waals surface area contributed by atoms with Crippen molar-refractivity contribution in [3.8, 4) is 16.8 Å². The Morgan fingerprint density at radius 3 is 2.33 bits per heavy atom. The molecule has 0 aliphatic carbocycles. The summed E-state index contributed by atoms with van der Waals surface area (Å²) in [6.07, 6.45) is 1.77. The minimum absolute atomic E-state index is 0.214. The summed E-state index contributed by atoms with van der Waals surface area (Å²) >= 11 is 0. The van der Waals surface area contributed by atoms with Gasteiger partial charge in [0.15, 0.2) is 11.2 Å². The zero-order valence-electron chi connectivity index (χ0n) is 17.1. The molecule has 0 atom stereocenters. The molecule has 0 amide bonds. The van der Waals surface area contributed by atoms with E-state index < -0.39 is 0 Å². The number of nitrogens with zero attached hydrogens (tertiary/aromatic N) is 5. The van der Waals surface area contributed by atoms with E-state index in [1.807, 2.05) is 55.5 Å². The summed E-state index contributed by atoms with van der Waals surface area (Å²) in [5.41, 5.74) is 6.19. The maximum Gasteiger partial charge on any atom is 0.285 e. The van der Waals surface area contributed by atoms with Crippen LogP contribution in [-0.2, 0) is 0 Å². The van der Waals surface area contributed by atoms with Crippen LogP contribution >= 0.6 is 0 Å². The molecule has 0 bridgehead atoms. The summed E-state index contributed by atoms with van der Waals surface area (Å²) in [6, 6.07) is 19.9. The van der Waals surface area contributed by atoms with Gasteiger partial charge in [0.2, 0.25) is 0 Å². The molecule has 0 N–H and O–H groups in total. The van der Waals surface area contributed by atoms with Gasteiger partial charge < -0.3 is 0 Å². The molecule has 0 aliphatic heterocycles.